The maximum absolute atomic E-state index is 12.1. The molecule has 3 atom stereocenters. The van der Waals surface area contributed by atoms with E-state index in [1.165, 1.54) is 11.8 Å². The second kappa shape index (κ2) is 7.74. The molecule has 0 spiro atoms. The molecular weight excluding hydrogens is 292 g/mol. The van der Waals surface area contributed by atoms with Crippen molar-refractivity contribution in [2.45, 2.75) is 44.8 Å². The highest BCUT2D eigenvalue weighted by Gasteiger charge is 2.35. The van der Waals surface area contributed by atoms with Gasteiger partial charge in [0, 0.05) is 6.54 Å². The molecule has 9 nitrogen and oxygen atoms in total. The van der Waals surface area contributed by atoms with Crippen molar-refractivity contribution in [3.05, 3.63) is 0 Å². The van der Waals surface area contributed by atoms with Gasteiger partial charge < -0.3 is 26.4 Å². The minimum atomic E-state index is -1.16. The number of carbonyl (C=O) groups excluding carboxylic acids is 3. The zero-order valence-electron chi connectivity index (χ0n) is 12.7. The third-order valence-corrected chi connectivity index (χ3v) is 3.40. The maximum atomic E-state index is 12.1. The molecule has 9 heteroatoms. The number of carboxylic acid groups (broad SMARTS) is 1. The summed E-state index contributed by atoms with van der Waals surface area (Å²) < 4.78 is 0. The predicted molar refractivity (Wildman–Crippen MR) is 76.6 cm³/mol. The van der Waals surface area contributed by atoms with E-state index in [-0.39, 0.29) is 12.5 Å². The number of amides is 3. The van der Waals surface area contributed by atoms with E-state index in [4.69, 9.17) is 10.8 Å². The summed E-state index contributed by atoms with van der Waals surface area (Å²) in [6, 6.07) is -2.36. The van der Waals surface area contributed by atoms with E-state index in [1.807, 2.05) is 0 Å². The van der Waals surface area contributed by atoms with Crippen molar-refractivity contribution in [3.8, 4) is 0 Å². The monoisotopic (exact) mass is 314 g/mol. The lowest BCUT2D eigenvalue weighted by atomic mass is 10.2. The molecule has 0 aromatic carbocycles. The van der Waals surface area contributed by atoms with Crippen molar-refractivity contribution in [3.63, 3.8) is 0 Å². The number of nitrogens with one attached hydrogen (secondary N) is 2. The van der Waals surface area contributed by atoms with E-state index in [0.29, 0.717) is 19.4 Å². The zero-order chi connectivity index (χ0) is 16.9. The Morgan fingerprint density at radius 1 is 1.32 bits per heavy atom. The van der Waals surface area contributed by atoms with Crippen LogP contribution in [0.2, 0.25) is 0 Å². The zero-order valence-corrected chi connectivity index (χ0v) is 12.7. The molecular formula is C13H22N4O5. The average Bonchev–Trinajstić information content (AvgIpc) is 2.92. The fourth-order valence-electron chi connectivity index (χ4n) is 2.20. The molecule has 0 aromatic heterocycles. The van der Waals surface area contributed by atoms with Gasteiger partial charge in [0.2, 0.25) is 17.7 Å². The quantitative estimate of drug-likeness (QED) is 0.448. The number of hydrogen-bond donors (Lipinski definition) is 4. The van der Waals surface area contributed by atoms with Gasteiger partial charge in [-0.3, -0.25) is 19.2 Å². The number of aliphatic carboxylic acids is 1. The summed E-state index contributed by atoms with van der Waals surface area (Å²) in [6.07, 6.45) is 1.20. The van der Waals surface area contributed by atoms with E-state index in [2.05, 4.69) is 10.6 Å². The highest BCUT2D eigenvalue weighted by Crippen LogP contribution is 2.18. The van der Waals surface area contributed by atoms with Gasteiger partial charge in [-0.15, -0.1) is 0 Å². The lowest BCUT2D eigenvalue weighted by molar-refractivity contribution is -0.141. The molecule has 22 heavy (non-hydrogen) atoms. The summed E-state index contributed by atoms with van der Waals surface area (Å²) in [5.74, 6) is -2.51. The molecule has 1 aliphatic rings. The molecule has 0 bridgehead atoms. The Morgan fingerprint density at radius 3 is 2.50 bits per heavy atom. The Morgan fingerprint density at radius 2 is 1.95 bits per heavy atom. The summed E-state index contributed by atoms with van der Waals surface area (Å²) in [5, 5.41) is 13.3. The predicted octanol–water partition coefficient (Wildman–Crippen LogP) is -1.97. The van der Waals surface area contributed by atoms with Crippen LogP contribution in [-0.4, -0.2) is 64.9 Å². The summed E-state index contributed by atoms with van der Waals surface area (Å²) in [4.78, 5) is 47.5. The van der Waals surface area contributed by atoms with Crippen molar-refractivity contribution >= 4 is 23.7 Å². The van der Waals surface area contributed by atoms with Crippen LogP contribution in [0.1, 0.15) is 26.7 Å². The molecule has 3 amide bonds. The molecule has 1 saturated heterocycles. The molecule has 5 N–H and O–H groups in total. The SMILES string of the molecule is CC(N)C(=O)N1CCCC1C(=O)NCC(=O)NC(C)C(=O)O. The Balaban J connectivity index is 2.49. The molecule has 1 heterocycles. The van der Waals surface area contributed by atoms with Gasteiger partial charge in [-0.25, -0.2) is 0 Å². The van der Waals surface area contributed by atoms with Gasteiger partial charge in [-0.05, 0) is 26.7 Å². The Labute approximate surface area is 128 Å². The lowest BCUT2D eigenvalue weighted by Gasteiger charge is -2.25. The van der Waals surface area contributed by atoms with Crippen LogP contribution in [0.3, 0.4) is 0 Å². The molecule has 0 aromatic rings. The van der Waals surface area contributed by atoms with Gasteiger partial charge in [-0.2, -0.15) is 0 Å². The van der Waals surface area contributed by atoms with E-state index >= 15 is 0 Å². The van der Waals surface area contributed by atoms with Crippen LogP contribution in [0, 0.1) is 0 Å². The molecule has 1 rings (SSSR count). The van der Waals surface area contributed by atoms with Crippen LogP contribution in [0.4, 0.5) is 0 Å². The number of nitrogens with two attached hydrogens (primary N) is 1. The number of nitrogens with zero attached hydrogens (tertiary/aromatic N) is 1. The van der Waals surface area contributed by atoms with E-state index in [0.717, 1.165) is 0 Å². The van der Waals surface area contributed by atoms with Gasteiger partial charge in [0.25, 0.3) is 0 Å². The highest BCUT2D eigenvalue weighted by atomic mass is 16.4. The average molecular weight is 314 g/mol. The molecule has 124 valence electrons. The van der Waals surface area contributed by atoms with E-state index < -0.39 is 35.9 Å². The number of rotatable bonds is 6. The minimum absolute atomic E-state index is 0.304. The molecule has 0 saturated carbocycles. The number of carboxylic acids is 1. The van der Waals surface area contributed by atoms with Crippen LogP contribution in [0.15, 0.2) is 0 Å². The van der Waals surface area contributed by atoms with Crippen molar-refractivity contribution in [1.82, 2.24) is 15.5 Å². The first-order valence-corrected chi connectivity index (χ1v) is 7.10. The van der Waals surface area contributed by atoms with Gasteiger partial charge >= 0.3 is 5.97 Å². The summed E-state index contributed by atoms with van der Waals surface area (Å²) in [6.45, 7) is 2.99. The van der Waals surface area contributed by atoms with Crippen molar-refractivity contribution in [2.24, 2.45) is 5.73 Å². The lowest BCUT2D eigenvalue weighted by Crippen LogP contribution is -2.52. The molecule has 0 aliphatic carbocycles. The fraction of sp³-hybridized carbons (Fsp3) is 0.692. The second-order valence-corrected chi connectivity index (χ2v) is 5.32. The van der Waals surface area contributed by atoms with E-state index in [1.54, 1.807) is 6.92 Å². The first-order chi connectivity index (χ1) is 10.2. The number of likely N-dealkylation sites (tertiary alicyclic amines) is 1. The minimum Gasteiger partial charge on any atom is -0.480 e. The summed E-state index contributed by atoms with van der Waals surface area (Å²) in [7, 11) is 0. The number of carbonyl (C=O) groups is 4. The number of hydrogen-bond acceptors (Lipinski definition) is 5. The third kappa shape index (κ3) is 4.69. The van der Waals surface area contributed by atoms with Crippen molar-refractivity contribution < 1.29 is 24.3 Å². The fourth-order valence-corrected chi connectivity index (χ4v) is 2.20. The second-order valence-electron chi connectivity index (χ2n) is 5.32. The standard InChI is InChI=1S/C13H22N4O5/c1-7(14)12(20)17-5-3-4-9(17)11(19)15-6-10(18)16-8(2)13(21)22/h7-9H,3-6,14H2,1-2H3,(H,15,19)(H,16,18)(H,21,22). The van der Waals surface area contributed by atoms with Gasteiger partial charge in [-0.1, -0.05) is 0 Å². The van der Waals surface area contributed by atoms with Gasteiger partial charge in [0.15, 0.2) is 0 Å². The summed E-state index contributed by atoms with van der Waals surface area (Å²) in [5.41, 5.74) is 5.54. The van der Waals surface area contributed by atoms with Crippen LogP contribution < -0.4 is 16.4 Å². The Hall–Kier alpha value is -2.16. The normalized spacial score (nSPS) is 20.1. The highest BCUT2D eigenvalue weighted by molar-refractivity contribution is 5.92. The van der Waals surface area contributed by atoms with Gasteiger partial charge in [0.1, 0.15) is 12.1 Å². The van der Waals surface area contributed by atoms with Crippen molar-refractivity contribution in [2.75, 3.05) is 13.1 Å². The van der Waals surface area contributed by atoms with Crippen LogP contribution in [0.5, 0.6) is 0 Å². The van der Waals surface area contributed by atoms with Crippen molar-refractivity contribution in [1.29, 1.82) is 0 Å². The Kier molecular flexibility index (Phi) is 6.29. The van der Waals surface area contributed by atoms with Crippen LogP contribution in [0.25, 0.3) is 0 Å². The first-order valence-electron chi connectivity index (χ1n) is 7.10. The topological polar surface area (TPSA) is 142 Å². The Bertz CT molecular complexity index is 465. The smallest absolute Gasteiger partial charge is 0.325 e. The molecule has 1 fully saturated rings. The molecule has 0 radical (unpaired) electrons. The largest absolute Gasteiger partial charge is 0.480 e. The third-order valence-electron chi connectivity index (χ3n) is 3.40. The van der Waals surface area contributed by atoms with Crippen LogP contribution >= 0.6 is 0 Å². The molecule has 3 unspecified atom stereocenters. The first kappa shape index (κ1) is 17.9. The van der Waals surface area contributed by atoms with Crippen LogP contribution in [-0.2, 0) is 19.2 Å². The maximum Gasteiger partial charge on any atom is 0.325 e. The van der Waals surface area contributed by atoms with E-state index in [9.17, 15) is 19.2 Å². The molecule has 1 aliphatic heterocycles. The van der Waals surface area contributed by atoms with Gasteiger partial charge in [0.05, 0.1) is 12.6 Å². The summed E-state index contributed by atoms with van der Waals surface area (Å²) >= 11 is 0.